The number of aryl methyl sites for hydroxylation is 2. The molecular weight excluding hydrogens is 376 g/mol. The molecule has 0 fully saturated rings. The van der Waals surface area contributed by atoms with Gasteiger partial charge in [-0.25, -0.2) is 0 Å². The molecule has 140 valence electrons. The molecule has 28 heavy (non-hydrogen) atoms. The molecule has 3 aromatic rings. The molecule has 0 bridgehead atoms. The van der Waals surface area contributed by atoms with E-state index in [4.69, 9.17) is 12.6 Å². The number of allylic oxidation sites excluding steroid dienone is 1. The molecule has 1 unspecified atom stereocenters. The van der Waals surface area contributed by atoms with Crippen molar-refractivity contribution in [3.63, 3.8) is 0 Å². The topological polar surface area (TPSA) is 0 Å². The monoisotopic (exact) mass is 400 g/mol. The molecule has 2 aliphatic rings. The van der Waals surface area contributed by atoms with Crippen LogP contribution < -0.4 is 10.4 Å². The van der Waals surface area contributed by atoms with Gasteiger partial charge in [0, 0.05) is 14.6 Å². The fourth-order valence-electron chi connectivity index (χ4n) is 4.29. The van der Waals surface area contributed by atoms with Crippen LogP contribution in [-0.4, -0.2) is 0 Å². The van der Waals surface area contributed by atoms with E-state index in [-0.39, 0.29) is 0 Å². The smallest absolute Gasteiger partial charge is 0.0357 e. The standard InChI is InChI=1S/C26H24S2/c27-24-17-26(23-13-12-20-6-2-4-8-22(20)16-23)28-25(24)14-10-18-9-11-19-5-1-3-7-21(19)15-18/h1,3-5,7-8,11-13,15-18,27H,2,6,9-10,14H2. The Balaban J connectivity index is 1.33. The highest BCUT2D eigenvalue weighted by Gasteiger charge is 2.13. The van der Waals surface area contributed by atoms with Crippen molar-refractivity contribution in [2.24, 2.45) is 5.92 Å². The van der Waals surface area contributed by atoms with E-state index in [9.17, 15) is 0 Å². The first-order chi connectivity index (χ1) is 13.8. The van der Waals surface area contributed by atoms with Crippen LogP contribution in [0.25, 0.3) is 28.7 Å². The third-order valence-electron chi connectivity index (χ3n) is 5.89. The van der Waals surface area contributed by atoms with Gasteiger partial charge < -0.3 is 0 Å². The third-order valence-corrected chi connectivity index (χ3v) is 7.68. The zero-order valence-corrected chi connectivity index (χ0v) is 17.6. The number of hydrogen-bond acceptors (Lipinski definition) is 2. The lowest BCUT2D eigenvalue weighted by molar-refractivity contribution is 0.637. The maximum Gasteiger partial charge on any atom is 0.0357 e. The Morgan fingerprint density at radius 3 is 2.86 bits per heavy atom. The van der Waals surface area contributed by atoms with Crippen LogP contribution in [0.2, 0.25) is 0 Å². The number of fused-ring (bicyclic) bond motifs is 2. The van der Waals surface area contributed by atoms with E-state index >= 15 is 0 Å². The lowest BCUT2D eigenvalue weighted by Crippen LogP contribution is -2.28. The van der Waals surface area contributed by atoms with E-state index in [2.05, 4.69) is 72.8 Å². The van der Waals surface area contributed by atoms with Gasteiger partial charge in [0.25, 0.3) is 0 Å². The first-order valence-corrected chi connectivity index (χ1v) is 11.4. The average Bonchev–Trinajstić information content (AvgIpc) is 3.12. The van der Waals surface area contributed by atoms with Gasteiger partial charge in [-0.3, -0.25) is 0 Å². The molecule has 1 aromatic heterocycles. The minimum absolute atomic E-state index is 0.627. The van der Waals surface area contributed by atoms with Crippen molar-refractivity contribution in [2.75, 3.05) is 0 Å². The van der Waals surface area contributed by atoms with Crippen LogP contribution in [0.1, 0.15) is 35.3 Å². The van der Waals surface area contributed by atoms with E-state index in [1.807, 2.05) is 11.3 Å². The summed E-state index contributed by atoms with van der Waals surface area (Å²) in [6.07, 6.45) is 15.2. The van der Waals surface area contributed by atoms with E-state index in [0.29, 0.717) is 5.92 Å². The molecule has 0 saturated carbocycles. The van der Waals surface area contributed by atoms with Crippen LogP contribution in [0.4, 0.5) is 0 Å². The summed E-state index contributed by atoms with van der Waals surface area (Å²) in [5.41, 5.74) is 4.17. The van der Waals surface area contributed by atoms with Gasteiger partial charge in [-0.05, 0) is 77.3 Å². The van der Waals surface area contributed by atoms with E-state index in [1.54, 1.807) is 0 Å². The second-order valence-electron chi connectivity index (χ2n) is 7.81. The maximum absolute atomic E-state index is 4.79. The molecular formula is C26H24S2. The molecule has 0 spiro atoms. The summed E-state index contributed by atoms with van der Waals surface area (Å²) in [7, 11) is 0. The molecule has 0 aliphatic heterocycles. The molecule has 1 heterocycles. The number of rotatable bonds is 4. The van der Waals surface area contributed by atoms with Crippen molar-refractivity contribution < 1.29 is 0 Å². The summed E-state index contributed by atoms with van der Waals surface area (Å²) in [5, 5.41) is 2.77. The number of benzene rings is 2. The molecule has 1 atom stereocenters. The Bertz CT molecular complexity index is 1160. The summed E-state index contributed by atoms with van der Waals surface area (Å²) in [6.45, 7) is 0. The van der Waals surface area contributed by atoms with Crippen molar-refractivity contribution in [2.45, 2.75) is 37.0 Å². The molecule has 0 radical (unpaired) electrons. The van der Waals surface area contributed by atoms with Crippen LogP contribution >= 0.6 is 24.0 Å². The lowest BCUT2D eigenvalue weighted by atomic mass is 9.93. The fraction of sp³-hybridized carbons (Fsp3) is 0.231. The van der Waals surface area contributed by atoms with Gasteiger partial charge in [0.15, 0.2) is 0 Å². The van der Waals surface area contributed by atoms with Crippen molar-refractivity contribution in [1.29, 1.82) is 0 Å². The van der Waals surface area contributed by atoms with Gasteiger partial charge in [-0.2, -0.15) is 0 Å². The second-order valence-corrected chi connectivity index (χ2v) is 9.43. The summed E-state index contributed by atoms with van der Waals surface area (Å²) >= 11 is 6.70. The minimum atomic E-state index is 0.627. The van der Waals surface area contributed by atoms with Crippen LogP contribution in [0.15, 0.2) is 59.5 Å². The quantitative estimate of drug-likeness (QED) is 0.520. The average molecular weight is 401 g/mol. The van der Waals surface area contributed by atoms with Gasteiger partial charge in [0.05, 0.1) is 0 Å². The van der Waals surface area contributed by atoms with E-state index < -0.39 is 0 Å². The number of thiophene rings is 1. The Morgan fingerprint density at radius 1 is 1.04 bits per heavy atom. The predicted octanol–water partition coefficient (Wildman–Crippen LogP) is 5.88. The van der Waals surface area contributed by atoms with Crippen LogP contribution in [-0.2, 0) is 12.8 Å². The van der Waals surface area contributed by atoms with Gasteiger partial charge in [-0.1, -0.05) is 60.7 Å². The molecule has 0 N–H and O–H groups in total. The van der Waals surface area contributed by atoms with Crippen molar-refractivity contribution in [3.05, 3.63) is 81.0 Å². The normalized spacial score (nSPS) is 17.4. The minimum Gasteiger partial charge on any atom is -0.142 e. The second kappa shape index (κ2) is 7.77. The predicted molar refractivity (Wildman–Crippen MR) is 125 cm³/mol. The zero-order chi connectivity index (χ0) is 18.9. The van der Waals surface area contributed by atoms with Gasteiger partial charge in [-0.15, -0.1) is 24.0 Å². The summed E-state index contributed by atoms with van der Waals surface area (Å²) < 4.78 is 0. The third kappa shape index (κ3) is 3.64. The highest BCUT2D eigenvalue weighted by atomic mass is 32.1. The number of hydrogen-bond donors (Lipinski definition) is 1. The number of thiol groups is 1. The molecule has 0 amide bonds. The Labute approximate surface area is 176 Å². The zero-order valence-electron chi connectivity index (χ0n) is 15.9. The molecule has 0 nitrogen and oxygen atoms in total. The van der Waals surface area contributed by atoms with Crippen molar-refractivity contribution >= 4 is 42.2 Å². The molecule has 2 aliphatic carbocycles. The first kappa shape index (κ1) is 18.0. The molecule has 2 aromatic carbocycles. The van der Waals surface area contributed by atoms with Crippen molar-refractivity contribution in [3.8, 4) is 10.4 Å². The van der Waals surface area contributed by atoms with Crippen molar-refractivity contribution in [1.82, 2.24) is 0 Å². The Hall–Kier alpha value is -2.03. The van der Waals surface area contributed by atoms with Crippen LogP contribution in [0, 0.1) is 5.92 Å². The first-order valence-electron chi connectivity index (χ1n) is 10.1. The lowest BCUT2D eigenvalue weighted by Gasteiger charge is -2.13. The summed E-state index contributed by atoms with van der Waals surface area (Å²) in [6, 6.07) is 17.9. The highest BCUT2D eigenvalue weighted by molar-refractivity contribution is 7.80. The Morgan fingerprint density at radius 2 is 1.93 bits per heavy atom. The molecule has 0 saturated heterocycles. The van der Waals surface area contributed by atoms with Gasteiger partial charge in [0.2, 0.25) is 0 Å². The van der Waals surface area contributed by atoms with Crippen LogP contribution in [0.3, 0.4) is 0 Å². The Kier molecular flexibility index (Phi) is 5.00. The highest BCUT2D eigenvalue weighted by Crippen LogP contribution is 2.36. The van der Waals surface area contributed by atoms with E-state index in [0.717, 1.165) is 30.6 Å². The van der Waals surface area contributed by atoms with E-state index in [1.165, 1.54) is 43.3 Å². The van der Waals surface area contributed by atoms with Gasteiger partial charge in [0.1, 0.15) is 0 Å². The molecule has 2 heteroatoms. The largest absolute Gasteiger partial charge is 0.142 e. The molecule has 5 rings (SSSR count). The van der Waals surface area contributed by atoms with Gasteiger partial charge >= 0.3 is 0 Å². The maximum atomic E-state index is 4.79. The summed E-state index contributed by atoms with van der Waals surface area (Å²) in [5.74, 6) is 0.627. The van der Waals surface area contributed by atoms with Crippen LogP contribution in [0.5, 0.6) is 0 Å². The fourth-order valence-corrected chi connectivity index (χ4v) is 5.82. The SMILES string of the molecule is Sc1cc(-c2ccc3c(c2)C=CCC3)sc1CCC1C=c2ccccc2=CC1. The summed E-state index contributed by atoms with van der Waals surface area (Å²) in [4.78, 5) is 3.90.